The first-order valence-corrected chi connectivity index (χ1v) is 13.9. The number of primary amides is 1. The summed E-state index contributed by atoms with van der Waals surface area (Å²) in [5.74, 6) is -1.85. The van der Waals surface area contributed by atoms with Crippen LogP contribution >= 0.6 is 18.7 Å². The molecule has 0 unspecified atom stereocenters. The number of anilines is 1. The van der Waals surface area contributed by atoms with Gasteiger partial charge >= 0.3 is 0 Å². The lowest BCUT2D eigenvalue weighted by Gasteiger charge is -2.20. The van der Waals surface area contributed by atoms with Crippen molar-refractivity contribution in [2.45, 2.75) is 19.9 Å². The van der Waals surface area contributed by atoms with E-state index in [1.165, 1.54) is 30.5 Å². The molecule has 0 spiro atoms. The molecule has 7 nitrogen and oxygen atoms in total. The van der Waals surface area contributed by atoms with E-state index in [4.69, 9.17) is 17.3 Å². The fourth-order valence-electron chi connectivity index (χ4n) is 3.76. The zero-order valence-corrected chi connectivity index (χ0v) is 21.6. The third kappa shape index (κ3) is 4.94. The molecular formula is C25H23ClF2N5O2P. The van der Waals surface area contributed by atoms with Crippen LogP contribution in [0.1, 0.15) is 34.6 Å². The van der Waals surface area contributed by atoms with Crippen LogP contribution in [0.4, 0.5) is 14.5 Å². The number of nitrogens with two attached hydrogens (primary N) is 1. The highest BCUT2D eigenvalue weighted by Gasteiger charge is 2.21. The summed E-state index contributed by atoms with van der Waals surface area (Å²) in [6, 6.07) is 7.60. The average molecular weight is 530 g/mol. The zero-order valence-electron chi connectivity index (χ0n) is 19.9. The van der Waals surface area contributed by atoms with Gasteiger partial charge in [-0.3, -0.25) is 9.78 Å². The van der Waals surface area contributed by atoms with Crippen LogP contribution in [0, 0.1) is 18.6 Å². The van der Waals surface area contributed by atoms with Gasteiger partial charge in [0.25, 0.3) is 0 Å². The first-order chi connectivity index (χ1) is 16.9. The molecule has 3 aromatic heterocycles. The van der Waals surface area contributed by atoms with Crippen molar-refractivity contribution in [3.8, 4) is 11.3 Å². The largest absolute Gasteiger partial charge is 0.375 e. The van der Waals surface area contributed by atoms with Gasteiger partial charge in [-0.2, -0.15) is 0 Å². The van der Waals surface area contributed by atoms with Gasteiger partial charge in [0.05, 0.1) is 33.4 Å². The van der Waals surface area contributed by atoms with Crippen molar-refractivity contribution in [1.82, 2.24) is 15.0 Å². The Kier molecular flexibility index (Phi) is 6.82. The summed E-state index contributed by atoms with van der Waals surface area (Å²) < 4.78 is 42.0. The van der Waals surface area contributed by atoms with Crippen LogP contribution in [0.3, 0.4) is 0 Å². The molecule has 3 heterocycles. The van der Waals surface area contributed by atoms with Crippen LogP contribution in [0.25, 0.3) is 22.3 Å². The van der Waals surface area contributed by atoms with Crippen LogP contribution in [0.2, 0.25) is 5.02 Å². The van der Waals surface area contributed by atoms with Gasteiger partial charge in [-0.15, -0.1) is 0 Å². The van der Waals surface area contributed by atoms with Gasteiger partial charge in [0.2, 0.25) is 5.91 Å². The van der Waals surface area contributed by atoms with Gasteiger partial charge in [-0.1, -0.05) is 11.6 Å². The van der Waals surface area contributed by atoms with Crippen LogP contribution in [0.5, 0.6) is 0 Å². The van der Waals surface area contributed by atoms with E-state index < -0.39 is 30.7 Å². The van der Waals surface area contributed by atoms with Crippen molar-refractivity contribution in [2.24, 2.45) is 5.73 Å². The molecule has 0 bridgehead atoms. The van der Waals surface area contributed by atoms with E-state index in [2.05, 4.69) is 20.3 Å². The lowest BCUT2D eigenvalue weighted by atomic mass is 10.0. The number of fused-ring (bicyclic) bond motifs is 1. The van der Waals surface area contributed by atoms with Gasteiger partial charge in [0.15, 0.2) is 5.82 Å². The number of nitrogens with zero attached hydrogens (tertiary/aromatic N) is 3. The molecule has 0 fully saturated rings. The van der Waals surface area contributed by atoms with Crippen molar-refractivity contribution < 1.29 is 18.1 Å². The smallest absolute Gasteiger partial charge is 0.248 e. The van der Waals surface area contributed by atoms with Gasteiger partial charge < -0.3 is 15.6 Å². The van der Waals surface area contributed by atoms with E-state index >= 15 is 4.39 Å². The van der Waals surface area contributed by atoms with Crippen LogP contribution < -0.4 is 16.5 Å². The number of halogens is 3. The Bertz CT molecular complexity index is 1560. The van der Waals surface area contributed by atoms with E-state index in [1.54, 1.807) is 39.3 Å². The van der Waals surface area contributed by atoms with Gasteiger partial charge in [0.1, 0.15) is 24.2 Å². The summed E-state index contributed by atoms with van der Waals surface area (Å²) in [6.07, 6.45) is 1.41. The second kappa shape index (κ2) is 9.56. The lowest BCUT2D eigenvalue weighted by molar-refractivity contribution is 0.1000. The van der Waals surface area contributed by atoms with Crippen LogP contribution in [-0.2, 0) is 4.57 Å². The molecule has 1 atom stereocenters. The number of aryl methyl sites for hydroxylation is 1. The lowest BCUT2D eigenvalue weighted by Crippen LogP contribution is -2.15. The van der Waals surface area contributed by atoms with Crippen molar-refractivity contribution in [1.29, 1.82) is 0 Å². The van der Waals surface area contributed by atoms with Gasteiger partial charge in [-0.25, -0.2) is 18.7 Å². The Morgan fingerprint density at radius 1 is 1.11 bits per heavy atom. The zero-order chi connectivity index (χ0) is 26.4. The molecule has 4 rings (SSSR count). The molecule has 0 saturated heterocycles. The molecule has 4 aromatic rings. The second-order valence-corrected chi connectivity index (χ2v) is 12.3. The summed E-state index contributed by atoms with van der Waals surface area (Å²) in [6.45, 7) is 6.54. The Labute approximate surface area is 211 Å². The monoisotopic (exact) mass is 529 g/mol. The number of hydrogen-bond donors (Lipinski definition) is 2. The second-order valence-electron chi connectivity index (χ2n) is 8.80. The minimum absolute atomic E-state index is 0.00270. The molecule has 11 heteroatoms. The molecule has 1 amide bonds. The molecule has 0 radical (unpaired) electrons. The quantitative estimate of drug-likeness (QED) is 0.321. The van der Waals surface area contributed by atoms with Crippen LogP contribution in [-0.4, -0.2) is 34.2 Å². The number of carbonyl (C=O) groups is 1. The first-order valence-electron chi connectivity index (χ1n) is 10.9. The number of nitrogens with one attached hydrogen (secondary N) is 1. The third-order valence-corrected chi connectivity index (χ3v) is 7.53. The number of amides is 1. The number of rotatable bonds is 6. The normalized spacial score (nSPS) is 12.5. The Balaban J connectivity index is 1.83. The van der Waals surface area contributed by atoms with Crippen molar-refractivity contribution in [2.75, 3.05) is 18.6 Å². The fraction of sp³-hybridized carbons (Fsp3) is 0.200. The van der Waals surface area contributed by atoms with E-state index in [1.807, 2.05) is 0 Å². The number of carbonyl (C=O) groups excluding carboxylic acids is 1. The van der Waals surface area contributed by atoms with Gasteiger partial charge in [0, 0.05) is 29.0 Å². The van der Waals surface area contributed by atoms with E-state index in [0.717, 1.165) is 0 Å². The Hall–Kier alpha value is -3.42. The molecule has 3 N–H and O–H groups in total. The van der Waals surface area contributed by atoms with Crippen LogP contribution in [0.15, 0.2) is 42.6 Å². The summed E-state index contributed by atoms with van der Waals surface area (Å²) in [4.78, 5) is 24.6. The number of pyridine rings is 3. The predicted octanol–water partition coefficient (Wildman–Crippen LogP) is 5.45. The fourth-order valence-corrected chi connectivity index (χ4v) is 4.72. The molecule has 36 heavy (non-hydrogen) atoms. The minimum Gasteiger partial charge on any atom is -0.375 e. The standard InChI is InChI=1S/C25H23ClF2N5O2P/c1-12(16-9-14(25(29)34)5-7-17(16)27)32-24-21(26)13(2)31-19-10-18(28)22(33-23(19)24)15-6-8-20(30-11-15)36(3,4)35/h5-12H,1-4H3,(H2,29,34)(H,31,32)/t12-/m1/s1. The van der Waals surface area contributed by atoms with E-state index in [0.29, 0.717) is 22.4 Å². The molecule has 0 saturated carbocycles. The molecule has 0 aliphatic rings. The topological polar surface area (TPSA) is 111 Å². The number of hydrogen-bond acceptors (Lipinski definition) is 6. The maximum absolute atomic E-state index is 15.1. The molecule has 0 aliphatic heterocycles. The molecular weight excluding hydrogens is 507 g/mol. The Morgan fingerprint density at radius 2 is 1.83 bits per heavy atom. The van der Waals surface area contributed by atoms with Crippen molar-refractivity contribution >= 4 is 46.8 Å². The number of benzene rings is 1. The molecule has 1 aromatic carbocycles. The Morgan fingerprint density at radius 3 is 2.44 bits per heavy atom. The summed E-state index contributed by atoms with van der Waals surface area (Å²) >= 11 is 6.56. The first kappa shape index (κ1) is 25.7. The highest BCUT2D eigenvalue weighted by atomic mass is 35.5. The molecule has 0 aliphatic carbocycles. The SMILES string of the molecule is Cc1nc2cc(F)c(-c3ccc(P(C)(C)=O)nc3)nc2c(N[C@H](C)c2cc(C(N)=O)ccc2F)c1Cl. The summed E-state index contributed by atoms with van der Waals surface area (Å²) in [7, 11) is -2.58. The third-order valence-electron chi connectivity index (χ3n) is 5.70. The predicted molar refractivity (Wildman–Crippen MR) is 139 cm³/mol. The molecule has 186 valence electrons. The minimum atomic E-state index is -2.58. The highest BCUT2D eigenvalue weighted by molar-refractivity contribution is 7.69. The highest BCUT2D eigenvalue weighted by Crippen LogP contribution is 2.37. The van der Waals surface area contributed by atoms with Gasteiger partial charge in [-0.05, 0) is 57.5 Å². The van der Waals surface area contributed by atoms with Crippen molar-refractivity contribution in [3.05, 3.63) is 76.1 Å². The average Bonchev–Trinajstić information content (AvgIpc) is 2.81. The maximum atomic E-state index is 15.1. The summed E-state index contributed by atoms with van der Waals surface area (Å²) in [5, 5.41) is 3.38. The number of aromatic nitrogens is 3. The van der Waals surface area contributed by atoms with E-state index in [9.17, 15) is 13.8 Å². The summed E-state index contributed by atoms with van der Waals surface area (Å²) in [5.41, 5.74) is 7.75. The van der Waals surface area contributed by atoms with E-state index in [-0.39, 0.29) is 32.9 Å². The van der Waals surface area contributed by atoms with Crippen molar-refractivity contribution in [3.63, 3.8) is 0 Å². The maximum Gasteiger partial charge on any atom is 0.248 e.